The molecule has 1 saturated heterocycles. The lowest BCUT2D eigenvalue weighted by molar-refractivity contribution is 0.160. The number of halogens is 2. The molecule has 1 aliphatic heterocycles. The van der Waals surface area contributed by atoms with Crippen molar-refractivity contribution in [1.82, 2.24) is 19.3 Å². The van der Waals surface area contributed by atoms with Crippen molar-refractivity contribution in [3.8, 4) is 11.6 Å². The van der Waals surface area contributed by atoms with Gasteiger partial charge in [0.2, 0.25) is 11.7 Å². The first kappa shape index (κ1) is 27.5. The summed E-state index contributed by atoms with van der Waals surface area (Å²) in [5.41, 5.74) is 1.67. The maximum atomic E-state index is 13.3. The lowest BCUT2D eigenvalue weighted by atomic mass is 9.98. The number of sulfonamides is 1. The minimum atomic E-state index is -4.00. The van der Waals surface area contributed by atoms with E-state index >= 15 is 0 Å². The molecule has 0 amide bonds. The SMILES string of the molecule is Cc1c(Cl)cccc1S(=O)(=O)Nc1nc2cnccn2c1OCc1ccc(Cl)c(OCC2CCN(C)CC2)c1. The summed E-state index contributed by atoms with van der Waals surface area (Å²) in [5, 5.41) is 0.878. The van der Waals surface area contributed by atoms with E-state index in [1.807, 2.05) is 12.1 Å². The number of hydrogen-bond acceptors (Lipinski definition) is 7. The summed E-state index contributed by atoms with van der Waals surface area (Å²) in [4.78, 5) is 10.9. The number of hydrogen-bond donors (Lipinski definition) is 1. The van der Waals surface area contributed by atoms with Gasteiger partial charge in [-0.1, -0.05) is 35.3 Å². The first-order chi connectivity index (χ1) is 18.7. The number of rotatable bonds is 9. The standard InChI is InChI=1S/C27H29Cl2N5O4S/c1-18-21(28)4-3-5-24(18)39(35,36)32-26-27(34-13-10-30-15-25(34)31-26)38-17-20-6-7-22(29)23(14-20)37-16-19-8-11-33(2)12-9-19/h3-7,10,13-15,19,32H,8-9,11-12,16-17H2,1-2H3. The summed E-state index contributed by atoms with van der Waals surface area (Å²) in [6.45, 7) is 4.51. The van der Waals surface area contributed by atoms with E-state index < -0.39 is 10.0 Å². The highest BCUT2D eigenvalue weighted by Crippen LogP contribution is 2.32. The molecular weight excluding hydrogens is 561 g/mol. The van der Waals surface area contributed by atoms with Crippen LogP contribution in [0.5, 0.6) is 11.6 Å². The Morgan fingerprint density at radius 1 is 1.10 bits per heavy atom. The molecule has 0 unspecified atom stereocenters. The molecule has 0 aliphatic carbocycles. The maximum Gasteiger partial charge on any atom is 0.263 e. The summed E-state index contributed by atoms with van der Waals surface area (Å²) in [5.74, 6) is 1.34. The highest BCUT2D eigenvalue weighted by Gasteiger charge is 2.24. The fraction of sp³-hybridized carbons (Fsp3) is 0.333. The second-order valence-electron chi connectivity index (χ2n) is 9.65. The van der Waals surface area contributed by atoms with Crippen molar-refractivity contribution in [2.75, 3.05) is 31.5 Å². The maximum absolute atomic E-state index is 13.3. The first-order valence-corrected chi connectivity index (χ1v) is 14.8. The van der Waals surface area contributed by atoms with E-state index in [1.54, 1.807) is 41.9 Å². The van der Waals surface area contributed by atoms with Gasteiger partial charge >= 0.3 is 0 Å². The number of fused-ring (bicyclic) bond motifs is 1. The number of anilines is 1. The van der Waals surface area contributed by atoms with Crippen LogP contribution in [-0.2, 0) is 16.6 Å². The van der Waals surface area contributed by atoms with E-state index in [2.05, 4.69) is 26.6 Å². The van der Waals surface area contributed by atoms with E-state index in [-0.39, 0.29) is 23.2 Å². The third kappa shape index (κ3) is 6.24. The number of nitrogens with one attached hydrogen (secondary N) is 1. The van der Waals surface area contributed by atoms with Crippen LogP contribution >= 0.6 is 23.2 Å². The zero-order chi connectivity index (χ0) is 27.6. The van der Waals surface area contributed by atoms with Gasteiger partial charge in [-0.25, -0.2) is 13.4 Å². The van der Waals surface area contributed by atoms with E-state index in [1.165, 1.54) is 12.3 Å². The van der Waals surface area contributed by atoms with Crippen molar-refractivity contribution in [3.63, 3.8) is 0 Å². The molecule has 3 heterocycles. The van der Waals surface area contributed by atoms with E-state index in [9.17, 15) is 8.42 Å². The van der Waals surface area contributed by atoms with Crippen LogP contribution in [0.4, 0.5) is 5.82 Å². The zero-order valence-corrected chi connectivity index (χ0v) is 23.9. The fourth-order valence-corrected chi connectivity index (χ4v) is 6.16. The predicted octanol–water partition coefficient (Wildman–Crippen LogP) is 5.44. The van der Waals surface area contributed by atoms with E-state index in [4.69, 9.17) is 32.7 Å². The van der Waals surface area contributed by atoms with Gasteiger partial charge < -0.3 is 14.4 Å². The van der Waals surface area contributed by atoms with Gasteiger partial charge in [0.25, 0.3) is 10.0 Å². The highest BCUT2D eigenvalue weighted by molar-refractivity contribution is 7.92. The summed E-state index contributed by atoms with van der Waals surface area (Å²) < 4.78 is 42.9. The fourth-order valence-electron chi connectivity index (χ4n) is 4.49. The zero-order valence-electron chi connectivity index (χ0n) is 21.6. The quantitative estimate of drug-likeness (QED) is 0.277. The van der Waals surface area contributed by atoms with Crippen LogP contribution in [0.25, 0.3) is 5.65 Å². The Balaban J connectivity index is 1.35. The first-order valence-electron chi connectivity index (χ1n) is 12.5. The summed E-state index contributed by atoms with van der Waals surface area (Å²) in [6.07, 6.45) is 6.92. The van der Waals surface area contributed by atoms with Gasteiger partial charge in [0.1, 0.15) is 12.4 Å². The second-order valence-corrected chi connectivity index (χ2v) is 12.1. The lowest BCUT2D eigenvalue weighted by Gasteiger charge is -2.28. The van der Waals surface area contributed by atoms with Crippen molar-refractivity contribution in [1.29, 1.82) is 0 Å². The van der Waals surface area contributed by atoms with Crippen LogP contribution in [0.2, 0.25) is 10.0 Å². The number of ether oxygens (including phenoxy) is 2. The Hall–Kier alpha value is -3.05. The number of nitrogens with zero attached hydrogens (tertiary/aromatic N) is 4. The number of piperidine rings is 1. The molecule has 1 N–H and O–H groups in total. The topological polar surface area (TPSA) is 98.1 Å². The Bertz CT molecular complexity index is 1590. The van der Waals surface area contributed by atoms with Gasteiger partial charge in [0.15, 0.2) is 5.65 Å². The minimum Gasteiger partial charge on any atom is -0.492 e. The van der Waals surface area contributed by atoms with Gasteiger partial charge in [0, 0.05) is 17.4 Å². The largest absolute Gasteiger partial charge is 0.492 e. The van der Waals surface area contributed by atoms with Crippen molar-refractivity contribution in [2.45, 2.75) is 31.3 Å². The molecule has 0 radical (unpaired) electrons. The minimum absolute atomic E-state index is 0.0371. The normalized spacial score (nSPS) is 15.0. The number of benzene rings is 2. The summed E-state index contributed by atoms with van der Waals surface area (Å²) >= 11 is 12.6. The molecule has 2 aromatic heterocycles. The molecule has 9 nitrogen and oxygen atoms in total. The second kappa shape index (κ2) is 11.6. The highest BCUT2D eigenvalue weighted by atomic mass is 35.5. The summed E-state index contributed by atoms with van der Waals surface area (Å²) in [7, 11) is -1.87. The molecule has 0 bridgehead atoms. The van der Waals surface area contributed by atoms with Crippen LogP contribution < -0.4 is 14.2 Å². The monoisotopic (exact) mass is 589 g/mol. The van der Waals surface area contributed by atoms with Crippen LogP contribution in [0.15, 0.2) is 59.9 Å². The predicted molar refractivity (Wildman–Crippen MR) is 151 cm³/mol. The third-order valence-electron chi connectivity index (χ3n) is 6.81. The molecule has 12 heteroatoms. The average Bonchev–Trinajstić information content (AvgIpc) is 3.25. The molecule has 1 aliphatic rings. The molecule has 0 saturated carbocycles. The van der Waals surface area contributed by atoms with Crippen LogP contribution in [0, 0.1) is 12.8 Å². The van der Waals surface area contributed by atoms with Crippen molar-refractivity contribution in [2.24, 2.45) is 5.92 Å². The summed E-state index contributed by atoms with van der Waals surface area (Å²) in [6, 6.07) is 10.2. The van der Waals surface area contributed by atoms with Crippen LogP contribution in [0.1, 0.15) is 24.0 Å². The Morgan fingerprint density at radius 2 is 1.90 bits per heavy atom. The van der Waals surface area contributed by atoms with Gasteiger partial charge in [-0.15, -0.1) is 0 Å². The van der Waals surface area contributed by atoms with E-state index in [0.717, 1.165) is 31.5 Å². The van der Waals surface area contributed by atoms with Crippen molar-refractivity contribution < 1.29 is 17.9 Å². The molecule has 206 valence electrons. The molecule has 5 rings (SSSR count). The molecule has 4 aromatic rings. The Morgan fingerprint density at radius 3 is 2.69 bits per heavy atom. The molecular formula is C27H29Cl2N5O4S. The van der Waals surface area contributed by atoms with Gasteiger partial charge in [0.05, 0.1) is 22.7 Å². The molecule has 0 spiro atoms. The number of imidazole rings is 1. The molecule has 0 atom stereocenters. The van der Waals surface area contributed by atoms with Crippen LogP contribution in [-0.4, -0.2) is 54.4 Å². The number of likely N-dealkylation sites (tertiary alicyclic amines) is 1. The van der Waals surface area contributed by atoms with Gasteiger partial charge in [-0.2, -0.15) is 0 Å². The lowest BCUT2D eigenvalue weighted by Crippen LogP contribution is -2.32. The van der Waals surface area contributed by atoms with Crippen molar-refractivity contribution in [3.05, 3.63) is 76.2 Å². The number of aromatic nitrogens is 3. The molecule has 2 aromatic carbocycles. The smallest absolute Gasteiger partial charge is 0.263 e. The third-order valence-corrected chi connectivity index (χ3v) is 9.01. The van der Waals surface area contributed by atoms with Crippen LogP contribution in [0.3, 0.4) is 0 Å². The van der Waals surface area contributed by atoms with E-state index in [0.29, 0.717) is 39.5 Å². The average molecular weight is 591 g/mol. The Labute approximate surface area is 237 Å². The Kier molecular flexibility index (Phi) is 8.18. The molecule has 1 fully saturated rings. The van der Waals surface area contributed by atoms with Gasteiger partial charge in [-0.3, -0.25) is 14.1 Å². The van der Waals surface area contributed by atoms with Crippen molar-refractivity contribution >= 4 is 44.7 Å². The molecule has 39 heavy (non-hydrogen) atoms. The van der Waals surface area contributed by atoms with Gasteiger partial charge in [-0.05, 0) is 81.2 Å².